The number of rotatable bonds is 3. The number of hydrogen-bond acceptors (Lipinski definition) is 2. The van der Waals surface area contributed by atoms with Crippen molar-refractivity contribution in [2.45, 2.75) is 13.3 Å². The minimum Gasteiger partial charge on any atom is -0.423 e. The number of hydrogen-bond donors (Lipinski definition) is 0. The lowest BCUT2D eigenvalue weighted by molar-refractivity contribution is 0.501. The molecule has 68 valence electrons. The molecule has 1 heterocycles. The fourth-order valence-electron chi connectivity index (χ4n) is 0.860. The Bertz CT molecular complexity index is 358. The van der Waals surface area contributed by atoms with E-state index in [1.54, 1.807) is 18.2 Å². The van der Waals surface area contributed by atoms with Gasteiger partial charge >= 0.3 is 5.63 Å². The molecule has 0 aliphatic carbocycles. The van der Waals surface area contributed by atoms with Crippen LogP contribution < -0.4 is 5.63 Å². The van der Waals surface area contributed by atoms with Gasteiger partial charge in [0, 0.05) is 6.07 Å². The monoisotopic (exact) mass is 176 g/mol. The molecule has 1 aromatic rings. The van der Waals surface area contributed by atoms with Crippen LogP contribution in [0.5, 0.6) is 0 Å². The maximum Gasteiger partial charge on any atom is 0.336 e. The van der Waals surface area contributed by atoms with E-state index in [2.05, 4.69) is 6.92 Å². The lowest BCUT2D eigenvalue weighted by Gasteiger charge is -1.87. The van der Waals surface area contributed by atoms with Crippen LogP contribution in [0.2, 0.25) is 0 Å². The Morgan fingerprint density at radius 2 is 2.23 bits per heavy atom. The molecule has 0 amide bonds. The second-order valence-corrected chi connectivity index (χ2v) is 2.54. The Kier molecular flexibility index (Phi) is 3.76. The summed E-state index contributed by atoms with van der Waals surface area (Å²) in [6.45, 7) is 2.06. The zero-order valence-corrected chi connectivity index (χ0v) is 7.57. The van der Waals surface area contributed by atoms with E-state index in [9.17, 15) is 4.79 Å². The van der Waals surface area contributed by atoms with Crippen molar-refractivity contribution in [3.63, 3.8) is 0 Å². The minimum atomic E-state index is -0.318. The Morgan fingerprint density at radius 1 is 1.38 bits per heavy atom. The van der Waals surface area contributed by atoms with Crippen molar-refractivity contribution in [2.24, 2.45) is 0 Å². The van der Waals surface area contributed by atoms with Crippen molar-refractivity contribution < 1.29 is 4.42 Å². The highest BCUT2D eigenvalue weighted by Crippen LogP contribution is 1.97. The zero-order valence-electron chi connectivity index (χ0n) is 7.57. The molecule has 0 saturated heterocycles. The predicted molar refractivity (Wildman–Crippen MR) is 53.4 cm³/mol. The summed E-state index contributed by atoms with van der Waals surface area (Å²) in [6, 6.07) is 4.81. The summed E-state index contributed by atoms with van der Waals surface area (Å²) >= 11 is 0. The molecule has 0 aliphatic heterocycles. The Hall–Kier alpha value is -1.57. The van der Waals surface area contributed by atoms with E-state index in [4.69, 9.17) is 4.42 Å². The van der Waals surface area contributed by atoms with Gasteiger partial charge in [0.1, 0.15) is 5.76 Å². The van der Waals surface area contributed by atoms with Crippen LogP contribution >= 0.6 is 0 Å². The van der Waals surface area contributed by atoms with Crippen LogP contribution in [-0.4, -0.2) is 0 Å². The largest absolute Gasteiger partial charge is 0.423 e. The molecule has 0 aliphatic rings. The molecular formula is C11H12O2. The van der Waals surface area contributed by atoms with Crippen LogP contribution in [0.25, 0.3) is 6.08 Å². The van der Waals surface area contributed by atoms with Gasteiger partial charge < -0.3 is 4.42 Å². The molecule has 0 atom stereocenters. The predicted octanol–water partition coefficient (Wildman–Crippen LogP) is 2.62. The summed E-state index contributed by atoms with van der Waals surface area (Å²) in [5.74, 6) is 0.577. The van der Waals surface area contributed by atoms with E-state index in [-0.39, 0.29) is 5.63 Å². The second-order valence-electron chi connectivity index (χ2n) is 2.54. The summed E-state index contributed by atoms with van der Waals surface area (Å²) in [4.78, 5) is 10.8. The molecule has 2 heteroatoms. The van der Waals surface area contributed by atoms with E-state index in [0.29, 0.717) is 5.76 Å². The van der Waals surface area contributed by atoms with Gasteiger partial charge in [0.25, 0.3) is 0 Å². The average molecular weight is 176 g/mol. The summed E-state index contributed by atoms with van der Waals surface area (Å²) < 4.78 is 4.88. The van der Waals surface area contributed by atoms with Gasteiger partial charge in [-0.3, -0.25) is 0 Å². The summed E-state index contributed by atoms with van der Waals surface area (Å²) in [5.41, 5.74) is -0.318. The van der Waals surface area contributed by atoms with Gasteiger partial charge in [-0.2, -0.15) is 0 Å². The smallest absolute Gasteiger partial charge is 0.336 e. The molecule has 0 saturated carbocycles. The maximum atomic E-state index is 10.8. The molecule has 0 spiro atoms. The molecule has 0 N–H and O–H groups in total. The van der Waals surface area contributed by atoms with Gasteiger partial charge in [-0.15, -0.1) is 0 Å². The van der Waals surface area contributed by atoms with Crippen molar-refractivity contribution in [3.8, 4) is 0 Å². The quantitative estimate of drug-likeness (QED) is 0.662. The third-order valence-electron chi connectivity index (χ3n) is 1.45. The topological polar surface area (TPSA) is 30.2 Å². The van der Waals surface area contributed by atoms with Crippen LogP contribution in [-0.2, 0) is 0 Å². The number of allylic oxidation sites excluding steroid dienone is 3. The Morgan fingerprint density at radius 3 is 2.92 bits per heavy atom. The van der Waals surface area contributed by atoms with Crippen molar-refractivity contribution in [2.75, 3.05) is 0 Å². The summed E-state index contributed by atoms with van der Waals surface area (Å²) in [5, 5.41) is 0. The standard InChI is InChI=1S/C11H12O2/c1-2-3-4-5-7-10-8-6-9-11(12)13-10/h3-9H,2H2,1H3/b4-3+,7-5+. The maximum absolute atomic E-state index is 10.8. The summed E-state index contributed by atoms with van der Waals surface area (Å²) in [6.07, 6.45) is 8.56. The SMILES string of the molecule is CC/C=C/C=C/c1cccc(=O)o1. The van der Waals surface area contributed by atoms with Gasteiger partial charge in [0.2, 0.25) is 0 Å². The van der Waals surface area contributed by atoms with Gasteiger partial charge in [-0.25, -0.2) is 4.79 Å². The fourth-order valence-corrected chi connectivity index (χ4v) is 0.860. The highest BCUT2D eigenvalue weighted by atomic mass is 16.4. The van der Waals surface area contributed by atoms with Crippen LogP contribution in [0.1, 0.15) is 19.1 Å². The highest BCUT2D eigenvalue weighted by Gasteiger charge is 1.87. The molecule has 2 nitrogen and oxygen atoms in total. The molecule has 1 aromatic heterocycles. The zero-order chi connectivity index (χ0) is 9.52. The molecule has 0 radical (unpaired) electrons. The third-order valence-corrected chi connectivity index (χ3v) is 1.45. The lowest BCUT2D eigenvalue weighted by Crippen LogP contribution is -1.94. The molecule has 13 heavy (non-hydrogen) atoms. The fraction of sp³-hybridized carbons (Fsp3) is 0.182. The Balaban J connectivity index is 2.69. The first-order valence-corrected chi connectivity index (χ1v) is 4.26. The van der Waals surface area contributed by atoms with Crippen LogP contribution in [0.4, 0.5) is 0 Å². The third kappa shape index (κ3) is 3.56. The molecule has 0 fully saturated rings. The van der Waals surface area contributed by atoms with Gasteiger partial charge in [0.15, 0.2) is 0 Å². The first-order valence-electron chi connectivity index (χ1n) is 4.26. The van der Waals surface area contributed by atoms with Crippen molar-refractivity contribution in [1.82, 2.24) is 0 Å². The molecular weight excluding hydrogens is 164 g/mol. The van der Waals surface area contributed by atoms with Gasteiger partial charge in [0.05, 0.1) is 0 Å². The van der Waals surface area contributed by atoms with Gasteiger partial charge in [-0.1, -0.05) is 31.2 Å². The summed E-state index contributed by atoms with van der Waals surface area (Å²) in [7, 11) is 0. The molecule has 0 unspecified atom stereocenters. The van der Waals surface area contributed by atoms with Crippen molar-refractivity contribution in [1.29, 1.82) is 0 Å². The van der Waals surface area contributed by atoms with E-state index in [1.807, 2.05) is 18.2 Å². The van der Waals surface area contributed by atoms with Crippen LogP contribution in [0, 0.1) is 0 Å². The average Bonchev–Trinajstić information content (AvgIpc) is 2.13. The second kappa shape index (κ2) is 5.14. The van der Waals surface area contributed by atoms with E-state index < -0.39 is 0 Å². The van der Waals surface area contributed by atoms with E-state index >= 15 is 0 Å². The van der Waals surface area contributed by atoms with Gasteiger partial charge in [-0.05, 0) is 18.6 Å². The van der Waals surface area contributed by atoms with E-state index in [1.165, 1.54) is 6.07 Å². The first-order chi connectivity index (χ1) is 6.33. The van der Waals surface area contributed by atoms with Crippen LogP contribution in [0.3, 0.4) is 0 Å². The minimum absolute atomic E-state index is 0.318. The highest BCUT2D eigenvalue weighted by molar-refractivity contribution is 5.44. The van der Waals surface area contributed by atoms with Crippen LogP contribution in [0.15, 0.2) is 45.6 Å². The molecule has 0 bridgehead atoms. The molecule has 1 rings (SSSR count). The van der Waals surface area contributed by atoms with Crippen molar-refractivity contribution >= 4 is 6.08 Å². The first kappa shape index (κ1) is 9.52. The lowest BCUT2D eigenvalue weighted by atomic mass is 10.3. The normalized spacial score (nSPS) is 11.5. The van der Waals surface area contributed by atoms with Crippen molar-refractivity contribution in [3.05, 3.63) is 52.6 Å². The van der Waals surface area contributed by atoms with E-state index in [0.717, 1.165) is 6.42 Å². The molecule has 0 aromatic carbocycles. The Labute approximate surface area is 77.2 Å².